The van der Waals surface area contributed by atoms with E-state index in [1.807, 2.05) is 48.7 Å². The smallest absolute Gasteiger partial charge is 0.165 e. The first-order valence-electron chi connectivity index (χ1n) is 8.39. The van der Waals surface area contributed by atoms with Crippen LogP contribution in [0.4, 0.5) is 5.82 Å². The summed E-state index contributed by atoms with van der Waals surface area (Å²) in [4.78, 5) is 4.73. The summed E-state index contributed by atoms with van der Waals surface area (Å²) in [6.45, 7) is 5.54. The minimum Gasteiger partial charge on any atom is -0.496 e. The van der Waals surface area contributed by atoms with Crippen LogP contribution in [-0.4, -0.2) is 42.0 Å². The van der Waals surface area contributed by atoms with Crippen molar-refractivity contribution in [1.82, 2.24) is 14.6 Å². The first-order chi connectivity index (χ1) is 12.2. The second kappa shape index (κ2) is 7.53. The van der Waals surface area contributed by atoms with Gasteiger partial charge in [-0.2, -0.15) is 9.61 Å². The summed E-state index contributed by atoms with van der Waals surface area (Å²) in [6.07, 6.45) is 0.930. The topological polar surface area (TPSA) is 60.7 Å². The van der Waals surface area contributed by atoms with E-state index in [2.05, 4.69) is 5.32 Å². The van der Waals surface area contributed by atoms with Crippen LogP contribution < -0.4 is 10.1 Å². The van der Waals surface area contributed by atoms with E-state index in [-0.39, 0.29) is 0 Å². The number of ether oxygens (including phenoxy) is 2. The van der Waals surface area contributed by atoms with Crippen molar-refractivity contribution in [2.45, 2.75) is 20.3 Å². The minimum absolute atomic E-state index is 0.727. The highest BCUT2D eigenvalue weighted by Gasteiger charge is 2.18. The first-order valence-corrected chi connectivity index (χ1v) is 8.39. The fourth-order valence-electron chi connectivity index (χ4n) is 2.97. The Kier molecular flexibility index (Phi) is 5.19. The fourth-order valence-corrected chi connectivity index (χ4v) is 2.97. The number of rotatable bonds is 7. The summed E-state index contributed by atoms with van der Waals surface area (Å²) in [5.74, 6) is 1.75. The molecule has 6 nitrogen and oxygen atoms in total. The van der Waals surface area contributed by atoms with Gasteiger partial charge in [-0.15, -0.1) is 0 Å². The molecule has 25 heavy (non-hydrogen) atoms. The highest BCUT2D eigenvalue weighted by molar-refractivity contribution is 5.84. The van der Waals surface area contributed by atoms with Crippen molar-refractivity contribution in [2.24, 2.45) is 0 Å². The lowest BCUT2D eigenvalue weighted by molar-refractivity contribution is 0.197. The summed E-state index contributed by atoms with van der Waals surface area (Å²) in [7, 11) is 3.40. The molecular formula is C19H24N4O2. The summed E-state index contributed by atoms with van der Waals surface area (Å²) in [6, 6.07) is 9.97. The number of aromatic nitrogens is 3. The van der Waals surface area contributed by atoms with Crippen molar-refractivity contribution in [3.8, 4) is 16.9 Å². The molecule has 3 rings (SSSR count). The summed E-state index contributed by atoms with van der Waals surface area (Å²) >= 11 is 0. The van der Waals surface area contributed by atoms with Crippen LogP contribution in [0.15, 0.2) is 30.3 Å². The molecule has 0 radical (unpaired) electrons. The predicted molar refractivity (Wildman–Crippen MR) is 99.4 cm³/mol. The van der Waals surface area contributed by atoms with E-state index in [1.165, 1.54) is 0 Å². The first kappa shape index (κ1) is 17.2. The molecule has 0 fully saturated rings. The molecule has 0 bridgehead atoms. The zero-order valence-corrected chi connectivity index (χ0v) is 15.2. The van der Waals surface area contributed by atoms with Gasteiger partial charge in [0.25, 0.3) is 0 Å². The number of methoxy groups -OCH3 is 2. The molecule has 0 aliphatic carbocycles. The molecule has 1 aromatic carbocycles. The molecule has 2 heterocycles. The molecule has 6 heteroatoms. The highest BCUT2D eigenvalue weighted by atomic mass is 16.5. The van der Waals surface area contributed by atoms with Crippen LogP contribution >= 0.6 is 0 Å². The maximum absolute atomic E-state index is 5.53. The standard InChI is InChI=1S/C19H24N4O2/c1-13-12-17(20-10-7-11-24-3)23-19(21-13)18(14(2)22-23)15-8-5-6-9-16(15)25-4/h5-6,8-9,12,20H,7,10-11H2,1-4H3. The van der Waals surface area contributed by atoms with Gasteiger partial charge in [0.15, 0.2) is 5.65 Å². The van der Waals surface area contributed by atoms with Crippen LogP contribution in [0.1, 0.15) is 17.8 Å². The van der Waals surface area contributed by atoms with E-state index in [1.54, 1.807) is 14.2 Å². The van der Waals surface area contributed by atoms with Crippen LogP contribution in [0.2, 0.25) is 0 Å². The van der Waals surface area contributed by atoms with Gasteiger partial charge in [-0.1, -0.05) is 18.2 Å². The second-order valence-corrected chi connectivity index (χ2v) is 5.95. The van der Waals surface area contributed by atoms with Crippen molar-refractivity contribution < 1.29 is 9.47 Å². The monoisotopic (exact) mass is 340 g/mol. The molecule has 3 aromatic rings. The highest BCUT2D eigenvalue weighted by Crippen LogP contribution is 2.35. The molecule has 0 atom stereocenters. The van der Waals surface area contributed by atoms with Gasteiger partial charge >= 0.3 is 0 Å². The van der Waals surface area contributed by atoms with Gasteiger partial charge in [0.05, 0.1) is 18.4 Å². The van der Waals surface area contributed by atoms with Gasteiger partial charge in [-0.25, -0.2) is 4.98 Å². The Labute approximate surface area is 147 Å². The molecule has 0 spiro atoms. The lowest BCUT2D eigenvalue weighted by Gasteiger charge is -2.10. The van der Waals surface area contributed by atoms with Crippen LogP contribution in [0.3, 0.4) is 0 Å². The Morgan fingerprint density at radius 2 is 1.96 bits per heavy atom. The van der Waals surface area contributed by atoms with Crippen LogP contribution in [0.25, 0.3) is 16.8 Å². The summed E-state index contributed by atoms with van der Waals surface area (Å²) in [5, 5.41) is 8.14. The molecule has 0 unspecified atom stereocenters. The number of nitrogens with one attached hydrogen (secondary N) is 1. The van der Waals surface area contributed by atoms with Gasteiger partial charge < -0.3 is 14.8 Å². The number of aryl methyl sites for hydroxylation is 2. The fraction of sp³-hybridized carbons (Fsp3) is 0.368. The largest absolute Gasteiger partial charge is 0.496 e. The van der Waals surface area contributed by atoms with Crippen molar-refractivity contribution in [2.75, 3.05) is 32.7 Å². The van der Waals surface area contributed by atoms with E-state index in [4.69, 9.17) is 19.6 Å². The van der Waals surface area contributed by atoms with Gasteiger partial charge in [-0.3, -0.25) is 0 Å². The lowest BCUT2D eigenvalue weighted by atomic mass is 10.1. The van der Waals surface area contributed by atoms with Crippen LogP contribution in [0.5, 0.6) is 5.75 Å². The summed E-state index contributed by atoms with van der Waals surface area (Å²) in [5.41, 5.74) is 4.69. The number of fused-ring (bicyclic) bond motifs is 1. The Hall–Kier alpha value is -2.60. The van der Waals surface area contributed by atoms with Crippen molar-refractivity contribution >= 4 is 11.5 Å². The normalized spacial score (nSPS) is 11.0. The third-order valence-electron chi connectivity index (χ3n) is 4.10. The maximum atomic E-state index is 5.53. The van der Waals surface area contributed by atoms with E-state index in [0.717, 1.165) is 59.3 Å². The van der Waals surface area contributed by atoms with Crippen molar-refractivity contribution in [3.63, 3.8) is 0 Å². The Morgan fingerprint density at radius 1 is 1.16 bits per heavy atom. The molecule has 0 saturated carbocycles. The van der Waals surface area contributed by atoms with Gasteiger partial charge in [0, 0.05) is 37.6 Å². The molecular weight excluding hydrogens is 316 g/mol. The minimum atomic E-state index is 0.727. The maximum Gasteiger partial charge on any atom is 0.165 e. The van der Waals surface area contributed by atoms with Gasteiger partial charge in [0.1, 0.15) is 11.6 Å². The number of benzene rings is 1. The predicted octanol–water partition coefficient (Wildman–Crippen LogP) is 3.47. The average molecular weight is 340 g/mol. The van der Waals surface area contributed by atoms with Crippen molar-refractivity contribution in [3.05, 3.63) is 41.7 Å². The Balaban J connectivity index is 2.09. The molecule has 0 amide bonds. The number of anilines is 1. The molecule has 1 N–H and O–H groups in total. The molecule has 0 aliphatic heterocycles. The van der Waals surface area contributed by atoms with E-state index in [0.29, 0.717) is 0 Å². The number of hydrogen-bond acceptors (Lipinski definition) is 5. The van der Waals surface area contributed by atoms with E-state index < -0.39 is 0 Å². The van der Waals surface area contributed by atoms with Gasteiger partial charge in [0.2, 0.25) is 0 Å². The van der Waals surface area contributed by atoms with E-state index >= 15 is 0 Å². The lowest BCUT2D eigenvalue weighted by Crippen LogP contribution is -2.09. The van der Waals surface area contributed by atoms with Gasteiger partial charge in [-0.05, 0) is 26.3 Å². The van der Waals surface area contributed by atoms with E-state index in [9.17, 15) is 0 Å². The third kappa shape index (κ3) is 3.44. The number of nitrogens with zero attached hydrogens (tertiary/aromatic N) is 3. The average Bonchev–Trinajstić information content (AvgIpc) is 2.94. The zero-order chi connectivity index (χ0) is 17.8. The van der Waals surface area contributed by atoms with Crippen molar-refractivity contribution in [1.29, 1.82) is 0 Å². The molecule has 0 aliphatic rings. The number of hydrogen-bond donors (Lipinski definition) is 1. The molecule has 0 saturated heterocycles. The molecule has 2 aromatic heterocycles. The third-order valence-corrected chi connectivity index (χ3v) is 4.10. The SMILES string of the molecule is COCCCNc1cc(C)nc2c(-c3ccccc3OC)c(C)nn12. The Bertz CT molecular complexity index is 873. The molecule has 132 valence electrons. The van der Waals surface area contributed by atoms with Crippen LogP contribution in [0, 0.1) is 13.8 Å². The Morgan fingerprint density at radius 3 is 2.72 bits per heavy atom. The van der Waals surface area contributed by atoms with Crippen LogP contribution in [-0.2, 0) is 4.74 Å². The number of para-hydroxylation sites is 1. The zero-order valence-electron chi connectivity index (χ0n) is 15.2. The second-order valence-electron chi connectivity index (χ2n) is 5.95. The quantitative estimate of drug-likeness (QED) is 0.667. The summed E-state index contributed by atoms with van der Waals surface area (Å²) < 4.78 is 12.5.